The van der Waals surface area contributed by atoms with Gasteiger partial charge in [0, 0.05) is 25.0 Å². The van der Waals surface area contributed by atoms with E-state index in [1.165, 1.54) is 18.2 Å². The Labute approximate surface area is 117 Å². The summed E-state index contributed by atoms with van der Waals surface area (Å²) in [6.45, 7) is 0.762. The van der Waals surface area contributed by atoms with Gasteiger partial charge in [0.25, 0.3) is 5.69 Å². The van der Waals surface area contributed by atoms with Crippen LogP contribution in [0.4, 0.5) is 5.69 Å². The summed E-state index contributed by atoms with van der Waals surface area (Å²) in [6.07, 6.45) is 8.79. The zero-order chi connectivity index (χ0) is 14.8. The second kappa shape index (κ2) is 8.62. The molecule has 0 aliphatic rings. The van der Waals surface area contributed by atoms with Crippen molar-refractivity contribution in [2.45, 2.75) is 12.8 Å². The molecular formula is C15H15NO4. The number of ketones is 1. The Morgan fingerprint density at radius 3 is 2.95 bits per heavy atom. The fourth-order valence-corrected chi connectivity index (χ4v) is 1.42. The van der Waals surface area contributed by atoms with Crippen LogP contribution in [0.25, 0.3) is 6.08 Å². The van der Waals surface area contributed by atoms with Gasteiger partial charge < -0.3 is 4.74 Å². The van der Waals surface area contributed by atoms with Gasteiger partial charge in [-0.15, -0.1) is 12.3 Å². The van der Waals surface area contributed by atoms with Crippen molar-refractivity contribution in [2.75, 3.05) is 13.2 Å². The van der Waals surface area contributed by atoms with Gasteiger partial charge in [-0.1, -0.05) is 18.2 Å². The highest BCUT2D eigenvalue weighted by Gasteiger charge is 2.04. The number of carbonyl (C=O) groups excluding carboxylic acids is 1. The van der Waals surface area contributed by atoms with E-state index < -0.39 is 4.92 Å². The van der Waals surface area contributed by atoms with E-state index in [0.29, 0.717) is 25.2 Å². The second-order valence-electron chi connectivity index (χ2n) is 3.97. The van der Waals surface area contributed by atoms with E-state index in [1.807, 2.05) is 0 Å². The number of ether oxygens (including phenoxy) is 1. The third kappa shape index (κ3) is 5.94. The highest BCUT2D eigenvalue weighted by atomic mass is 16.6. The molecule has 0 atom stereocenters. The first-order chi connectivity index (χ1) is 9.63. The van der Waals surface area contributed by atoms with Crippen molar-refractivity contribution in [3.8, 4) is 12.3 Å². The monoisotopic (exact) mass is 273 g/mol. The Bertz CT molecular complexity index is 543. The number of carbonyl (C=O) groups is 1. The summed E-state index contributed by atoms with van der Waals surface area (Å²) in [5.74, 6) is 2.34. The minimum atomic E-state index is -0.474. The number of terminal acetylenes is 1. The molecule has 0 spiro atoms. The number of nitro groups is 1. The van der Waals surface area contributed by atoms with Gasteiger partial charge in [0.15, 0.2) is 5.78 Å². The number of hydrogen-bond acceptors (Lipinski definition) is 4. The number of allylic oxidation sites excluding steroid dienone is 1. The van der Waals surface area contributed by atoms with Gasteiger partial charge in [-0.05, 0) is 11.6 Å². The number of nitro benzene ring substituents is 1. The van der Waals surface area contributed by atoms with Crippen molar-refractivity contribution in [1.82, 2.24) is 0 Å². The Hall–Kier alpha value is -2.45. The molecule has 0 fully saturated rings. The molecule has 0 unspecified atom stereocenters. The number of rotatable bonds is 8. The van der Waals surface area contributed by atoms with Crippen molar-refractivity contribution in [2.24, 2.45) is 0 Å². The van der Waals surface area contributed by atoms with Crippen LogP contribution < -0.4 is 0 Å². The van der Waals surface area contributed by atoms with Gasteiger partial charge in [0.1, 0.15) is 0 Å². The van der Waals surface area contributed by atoms with E-state index in [0.717, 1.165) is 0 Å². The molecule has 0 radical (unpaired) electrons. The van der Waals surface area contributed by atoms with E-state index >= 15 is 0 Å². The molecule has 0 aliphatic carbocycles. The standard InChI is InChI=1S/C15H15NO4/c1-2-3-10-20-11-9-15(17)8-7-13-5-4-6-14(12-13)16(18)19/h1,4-8,12H,3,9-11H2/b8-7+. The molecule has 0 heterocycles. The third-order valence-electron chi connectivity index (χ3n) is 2.43. The number of non-ortho nitro benzene ring substituents is 1. The van der Waals surface area contributed by atoms with Crippen LogP contribution in [0.15, 0.2) is 30.3 Å². The van der Waals surface area contributed by atoms with Crippen LogP contribution in [0.5, 0.6) is 0 Å². The lowest BCUT2D eigenvalue weighted by atomic mass is 10.1. The summed E-state index contributed by atoms with van der Waals surface area (Å²) in [5, 5.41) is 10.6. The number of hydrogen-bond donors (Lipinski definition) is 0. The zero-order valence-corrected chi connectivity index (χ0v) is 11.0. The lowest BCUT2D eigenvalue weighted by Crippen LogP contribution is -2.02. The molecule has 1 aromatic carbocycles. The molecular weight excluding hydrogens is 258 g/mol. The summed E-state index contributed by atoms with van der Waals surface area (Å²) in [6, 6.07) is 6.08. The quantitative estimate of drug-likeness (QED) is 0.240. The minimum absolute atomic E-state index is 0.00258. The fourth-order valence-electron chi connectivity index (χ4n) is 1.42. The van der Waals surface area contributed by atoms with Crippen molar-refractivity contribution < 1.29 is 14.5 Å². The van der Waals surface area contributed by atoms with Gasteiger partial charge >= 0.3 is 0 Å². The molecule has 0 aliphatic heterocycles. The van der Waals surface area contributed by atoms with Crippen molar-refractivity contribution in [3.63, 3.8) is 0 Å². The SMILES string of the molecule is C#CCCOCCC(=O)/C=C/c1cccc([N+](=O)[O-])c1. The zero-order valence-electron chi connectivity index (χ0n) is 11.0. The Balaban J connectivity index is 2.43. The summed E-state index contributed by atoms with van der Waals surface area (Å²) >= 11 is 0. The van der Waals surface area contributed by atoms with Crippen LogP contribution in [0.1, 0.15) is 18.4 Å². The maximum atomic E-state index is 11.5. The fraction of sp³-hybridized carbons (Fsp3) is 0.267. The van der Waals surface area contributed by atoms with Crippen LogP contribution in [0, 0.1) is 22.5 Å². The smallest absolute Gasteiger partial charge is 0.270 e. The minimum Gasteiger partial charge on any atom is -0.380 e. The molecule has 0 aromatic heterocycles. The average Bonchev–Trinajstić information content (AvgIpc) is 2.45. The van der Waals surface area contributed by atoms with Crippen molar-refractivity contribution in [1.29, 1.82) is 0 Å². The molecule has 1 rings (SSSR count). The van der Waals surface area contributed by atoms with Gasteiger partial charge in [-0.2, -0.15) is 0 Å². The second-order valence-corrected chi connectivity index (χ2v) is 3.97. The molecule has 0 saturated heterocycles. The molecule has 104 valence electrons. The average molecular weight is 273 g/mol. The summed E-state index contributed by atoms with van der Waals surface area (Å²) in [7, 11) is 0. The molecule has 5 nitrogen and oxygen atoms in total. The van der Waals surface area contributed by atoms with E-state index in [9.17, 15) is 14.9 Å². The highest BCUT2D eigenvalue weighted by molar-refractivity contribution is 5.93. The highest BCUT2D eigenvalue weighted by Crippen LogP contribution is 2.14. The van der Waals surface area contributed by atoms with E-state index in [1.54, 1.807) is 18.2 Å². The molecule has 0 amide bonds. The van der Waals surface area contributed by atoms with E-state index in [-0.39, 0.29) is 17.9 Å². The molecule has 5 heteroatoms. The van der Waals surface area contributed by atoms with Crippen LogP contribution in [-0.2, 0) is 9.53 Å². The van der Waals surface area contributed by atoms with Crippen molar-refractivity contribution in [3.05, 3.63) is 46.0 Å². The number of benzene rings is 1. The van der Waals surface area contributed by atoms with Gasteiger partial charge in [0.05, 0.1) is 18.1 Å². The Morgan fingerprint density at radius 1 is 1.45 bits per heavy atom. The largest absolute Gasteiger partial charge is 0.380 e. The van der Waals surface area contributed by atoms with Crippen LogP contribution in [0.2, 0.25) is 0 Å². The van der Waals surface area contributed by atoms with Gasteiger partial charge in [-0.3, -0.25) is 14.9 Å². The first kappa shape index (κ1) is 15.6. The lowest BCUT2D eigenvalue weighted by Gasteiger charge is -1.99. The molecule has 20 heavy (non-hydrogen) atoms. The van der Waals surface area contributed by atoms with Gasteiger partial charge in [-0.25, -0.2) is 0 Å². The normalized spacial score (nSPS) is 10.3. The van der Waals surface area contributed by atoms with Crippen molar-refractivity contribution >= 4 is 17.5 Å². The predicted molar refractivity (Wildman–Crippen MR) is 76.0 cm³/mol. The third-order valence-corrected chi connectivity index (χ3v) is 2.43. The first-order valence-corrected chi connectivity index (χ1v) is 6.10. The molecule has 0 saturated carbocycles. The Kier molecular flexibility index (Phi) is 6.72. The number of nitrogens with zero attached hydrogens (tertiary/aromatic N) is 1. The Morgan fingerprint density at radius 2 is 2.25 bits per heavy atom. The molecule has 0 N–H and O–H groups in total. The lowest BCUT2D eigenvalue weighted by molar-refractivity contribution is -0.384. The predicted octanol–water partition coefficient (Wildman–Crippen LogP) is 2.61. The van der Waals surface area contributed by atoms with Crippen LogP contribution in [0.3, 0.4) is 0 Å². The maximum Gasteiger partial charge on any atom is 0.270 e. The summed E-state index contributed by atoms with van der Waals surface area (Å²) in [5.41, 5.74) is 0.609. The van der Waals surface area contributed by atoms with E-state index in [4.69, 9.17) is 11.2 Å². The van der Waals surface area contributed by atoms with Crippen LogP contribution >= 0.6 is 0 Å². The first-order valence-electron chi connectivity index (χ1n) is 6.10. The molecule has 1 aromatic rings. The molecule has 0 bridgehead atoms. The summed E-state index contributed by atoms with van der Waals surface area (Å²) < 4.78 is 5.16. The maximum absolute atomic E-state index is 11.5. The summed E-state index contributed by atoms with van der Waals surface area (Å²) in [4.78, 5) is 21.7. The van der Waals surface area contributed by atoms with E-state index in [2.05, 4.69) is 5.92 Å². The van der Waals surface area contributed by atoms with Crippen LogP contribution in [-0.4, -0.2) is 23.9 Å². The van der Waals surface area contributed by atoms with Gasteiger partial charge in [0.2, 0.25) is 0 Å². The topological polar surface area (TPSA) is 69.4 Å².